The number of nitrogens with zero attached hydrogens (tertiary/aromatic N) is 1. The molecule has 1 heterocycles. The first-order valence-corrected chi connectivity index (χ1v) is 12.9. The fourth-order valence-corrected chi connectivity index (χ4v) is 4.90. The van der Waals surface area contributed by atoms with Gasteiger partial charge in [-0.25, -0.2) is 9.59 Å². The van der Waals surface area contributed by atoms with Crippen LogP contribution in [0.1, 0.15) is 69.1 Å². The lowest BCUT2D eigenvalue weighted by Crippen LogP contribution is -2.28. The second-order valence-corrected chi connectivity index (χ2v) is 9.85. The van der Waals surface area contributed by atoms with Crippen LogP contribution in [0.25, 0.3) is 22.4 Å². The van der Waals surface area contributed by atoms with Crippen LogP contribution in [0.2, 0.25) is 0 Å². The van der Waals surface area contributed by atoms with Gasteiger partial charge in [-0.3, -0.25) is 5.32 Å². The Balaban J connectivity index is 0.000000747. The Bertz CT molecular complexity index is 1190. The average molecular weight is 507 g/mol. The number of nitrogens with one attached hydrogen (secondary N) is 1. The lowest BCUT2D eigenvalue weighted by atomic mass is 9.86. The maximum atomic E-state index is 12.6. The Kier molecular flexibility index (Phi) is 8.48. The number of anilines is 1. The van der Waals surface area contributed by atoms with E-state index in [4.69, 9.17) is 24.3 Å². The summed E-state index contributed by atoms with van der Waals surface area (Å²) >= 11 is 0. The van der Waals surface area contributed by atoms with Gasteiger partial charge in [-0.2, -0.15) is 0 Å². The number of carbonyl (C=O) groups excluding carboxylic acids is 1. The van der Waals surface area contributed by atoms with Crippen LogP contribution in [-0.2, 0) is 4.74 Å². The van der Waals surface area contributed by atoms with Crippen molar-refractivity contribution < 1.29 is 29.1 Å². The highest BCUT2D eigenvalue weighted by molar-refractivity contribution is 5.91. The second kappa shape index (κ2) is 12.0. The van der Waals surface area contributed by atoms with Crippen LogP contribution < -0.4 is 5.32 Å². The number of aryl methyl sites for hydroxylation is 1. The number of aromatic nitrogens is 1. The molecule has 2 aliphatic carbocycles. The van der Waals surface area contributed by atoms with Crippen molar-refractivity contribution in [3.63, 3.8) is 0 Å². The molecule has 0 aliphatic heterocycles. The highest BCUT2D eigenvalue weighted by Crippen LogP contribution is 2.40. The third-order valence-electron chi connectivity index (χ3n) is 7.15. The number of carboxylic acid groups (broad SMARTS) is 2. The van der Waals surface area contributed by atoms with Crippen molar-refractivity contribution >= 4 is 17.9 Å². The largest absolute Gasteiger partial charge is 0.503 e. The van der Waals surface area contributed by atoms with E-state index < -0.39 is 12.2 Å². The van der Waals surface area contributed by atoms with E-state index in [0.29, 0.717) is 23.1 Å². The van der Waals surface area contributed by atoms with E-state index in [0.717, 1.165) is 29.9 Å². The summed E-state index contributed by atoms with van der Waals surface area (Å²) in [5, 5.41) is 21.0. The number of rotatable bonds is 6. The number of carbonyl (C=O) groups is 2. The molecule has 3 aromatic rings. The standard InChI is InChI=1S/C28H32N2O3.CH2O3/c1-18(20-6-4-3-5-7-20)32-28(31)29-26-19(2)33-30-27(26)25-16-14-24(15-17-25)23-12-10-22(11-13-23)21-8-9-21;2-1(3)4/h10-18,20-21H,3-9H2,1-2H3,(H,29,31);(H2,2,3,4). The molecule has 196 valence electrons. The van der Waals surface area contributed by atoms with Crippen LogP contribution in [-0.4, -0.2) is 33.7 Å². The predicted molar refractivity (Wildman–Crippen MR) is 141 cm³/mol. The normalized spacial score (nSPS) is 16.3. The molecule has 0 spiro atoms. The van der Waals surface area contributed by atoms with E-state index in [2.05, 4.69) is 46.9 Å². The molecule has 2 saturated carbocycles. The molecule has 3 N–H and O–H groups in total. The molecular weight excluding hydrogens is 472 g/mol. The SMILES string of the molecule is Cc1onc(-c2ccc(-c3ccc(C4CC4)cc3)cc2)c1NC(=O)OC(C)C1CCCCC1.O=C(O)O. The van der Waals surface area contributed by atoms with Gasteiger partial charge in [-0.15, -0.1) is 0 Å². The van der Waals surface area contributed by atoms with Gasteiger partial charge in [0, 0.05) is 5.56 Å². The van der Waals surface area contributed by atoms with Gasteiger partial charge >= 0.3 is 12.2 Å². The lowest BCUT2D eigenvalue weighted by molar-refractivity contribution is 0.0691. The minimum Gasteiger partial charge on any atom is -0.450 e. The van der Waals surface area contributed by atoms with Crippen LogP contribution in [0.4, 0.5) is 15.3 Å². The van der Waals surface area contributed by atoms with Crippen molar-refractivity contribution in [2.75, 3.05) is 5.32 Å². The zero-order valence-corrected chi connectivity index (χ0v) is 21.3. The summed E-state index contributed by atoms with van der Waals surface area (Å²) in [6.07, 6.45) is 6.22. The fourth-order valence-electron chi connectivity index (χ4n) is 4.90. The third kappa shape index (κ3) is 7.12. The number of benzene rings is 2. The average Bonchev–Trinajstić information content (AvgIpc) is 3.68. The maximum Gasteiger partial charge on any atom is 0.503 e. The van der Waals surface area contributed by atoms with Crippen molar-refractivity contribution in [1.29, 1.82) is 0 Å². The zero-order chi connectivity index (χ0) is 26.4. The van der Waals surface area contributed by atoms with Crippen LogP contribution >= 0.6 is 0 Å². The lowest BCUT2D eigenvalue weighted by Gasteiger charge is -2.27. The summed E-state index contributed by atoms with van der Waals surface area (Å²) in [6, 6.07) is 17.1. The van der Waals surface area contributed by atoms with Gasteiger partial charge in [0.05, 0.1) is 0 Å². The minimum absolute atomic E-state index is 0.0977. The first-order valence-electron chi connectivity index (χ1n) is 12.9. The molecule has 1 amide bonds. The van der Waals surface area contributed by atoms with Crippen LogP contribution in [0.15, 0.2) is 53.1 Å². The van der Waals surface area contributed by atoms with Gasteiger partial charge in [-0.05, 0) is 68.1 Å². The van der Waals surface area contributed by atoms with Crippen LogP contribution in [0, 0.1) is 12.8 Å². The second-order valence-electron chi connectivity index (χ2n) is 9.85. The van der Waals surface area contributed by atoms with Crippen LogP contribution in [0.5, 0.6) is 0 Å². The van der Waals surface area contributed by atoms with Gasteiger partial charge < -0.3 is 19.5 Å². The smallest absolute Gasteiger partial charge is 0.450 e. The minimum atomic E-state index is -1.83. The molecule has 8 nitrogen and oxygen atoms in total. The first-order chi connectivity index (χ1) is 17.8. The van der Waals surface area contributed by atoms with Crippen molar-refractivity contribution in [3.05, 3.63) is 59.9 Å². The van der Waals surface area contributed by atoms with E-state index in [1.54, 1.807) is 6.92 Å². The fraction of sp³-hybridized carbons (Fsp3) is 0.414. The van der Waals surface area contributed by atoms with Gasteiger partial charge in [0.1, 0.15) is 17.5 Å². The molecule has 1 unspecified atom stereocenters. The van der Waals surface area contributed by atoms with Crippen molar-refractivity contribution in [2.24, 2.45) is 5.92 Å². The number of hydrogen-bond acceptors (Lipinski definition) is 5. The highest BCUT2D eigenvalue weighted by atomic mass is 16.6. The van der Waals surface area contributed by atoms with Gasteiger partial charge in [0.25, 0.3) is 0 Å². The molecule has 37 heavy (non-hydrogen) atoms. The predicted octanol–water partition coefficient (Wildman–Crippen LogP) is 7.93. The Morgan fingerprint density at radius 3 is 2.03 bits per heavy atom. The molecule has 2 aromatic carbocycles. The molecule has 8 heteroatoms. The van der Waals surface area contributed by atoms with E-state index in [1.807, 2.05) is 19.1 Å². The number of amides is 1. The molecule has 2 fully saturated rings. The van der Waals surface area contributed by atoms with Crippen molar-refractivity contribution in [3.8, 4) is 22.4 Å². The van der Waals surface area contributed by atoms with E-state index >= 15 is 0 Å². The summed E-state index contributed by atoms with van der Waals surface area (Å²) in [5.74, 6) is 1.77. The summed E-state index contributed by atoms with van der Waals surface area (Å²) in [4.78, 5) is 21.2. The van der Waals surface area contributed by atoms with Gasteiger partial charge in [0.15, 0.2) is 5.76 Å². The van der Waals surface area contributed by atoms with Crippen LogP contribution in [0.3, 0.4) is 0 Å². The molecule has 1 atom stereocenters. The summed E-state index contributed by atoms with van der Waals surface area (Å²) < 4.78 is 11.1. The number of ether oxygens (including phenoxy) is 1. The topological polar surface area (TPSA) is 122 Å². The molecule has 0 saturated heterocycles. The third-order valence-corrected chi connectivity index (χ3v) is 7.15. The number of hydrogen-bond donors (Lipinski definition) is 3. The maximum absolute atomic E-state index is 12.6. The Labute approximate surface area is 216 Å². The molecular formula is C29H34N2O6. The summed E-state index contributed by atoms with van der Waals surface area (Å²) in [6.45, 7) is 3.79. The van der Waals surface area contributed by atoms with Gasteiger partial charge in [-0.1, -0.05) is 73.0 Å². The zero-order valence-electron chi connectivity index (χ0n) is 21.3. The van der Waals surface area contributed by atoms with Gasteiger partial charge in [0.2, 0.25) is 0 Å². The van der Waals surface area contributed by atoms with Crippen molar-refractivity contribution in [2.45, 2.75) is 70.8 Å². The van der Waals surface area contributed by atoms with E-state index in [9.17, 15) is 4.79 Å². The molecule has 0 radical (unpaired) electrons. The van der Waals surface area contributed by atoms with Crippen molar-refractivity contribution in [1.82, 2.24) is 5.16 Å². The Morgan fingerprint density at radius 2 is 1.46 bits per heavy atom. The molecule has 1 aromatic heterocycles. The highest BCUT2D eigenvalue weighted by Gasteiger charge is 2.25. The quantitative estimate of drug-likeness (QED) is 0.310. The molecule has 0 bridgehead atoms. The van der Waals surface area contributed by atoms with E-state index in [-0.39, 0.29) is 6.10 Å². The summed E-state index contributed by atoms with van der Waals surface area (Å²) in [7, 11) is 0. The molecule has 5 rings (SSSR count). The molecule has 2 aliphatic rings. The first kappa shape index (κ1) is 26.3. The monoisotopic (exact) mass is 506 g/mol. The van der Waals surface area contributed by atoms with E-state index in [1.165, 1.54) is 43.2 Å². The Hall–Kier alpha value is -3.81. The Morgan fingerprint density at radius 1 is 0.919 bits per heavy atom. The summed E-state index contributed by atoms with van der Waals surface area (Å²) in [5.41, 5.74) is 5.86.